The van der Waals surface area contributed by atoms with Crippen LogP contribution in [0.4, 0.5) is 0 Å². The number of hydrogen-bond acceptors (Lipinski definition) is 0. The Morgan fingerprint density at radius 2 is 1.48 bits per heavy atom. The molecule has 0 aliphatic heterocycles. The van der Waals surface area contributed by atoms with Gasteiger partial charge in [-0.1, -0.05) is 82.8 Å². The minimum atomic E-state index is 0.00521. The van der Waals surface area contributed by atoms with Crippen LogP contribution in [0.3, 0.4) is 0 Å². The zero-order valence-corrected chi connectivity index (χ0v) is 15.9. The summed E-state index contributed by atoms with van der Waals surface area (Å²) < 4.78 is 0. The van der Waals surface area contributed by atoms with E-state index in [-0.39, 0.29) is 10.8 Å². The maximum atomic E-state index is 4.11. The molecule has 0 spiro atoms. The zero-order chi connectivity index (χ0) is 18.0. The maximum Gasteiger partial charge on any atom is 0.0158 e. The van der Waals surface area contributed by atoms with E-state index in [4.69, 9.17) is 0 Å². The van der Waals surface area contributed by atoms with Crippen molar-refractivity contribution in [1.29, 1.82) is 0 Å². The number of benzene rings is 2. The van der Waals surface area contributed by atoms with Crippen molar-refractivity contribution >= 4 is 5.57 Å². The van der Waals surface area contributed by atoms with Crippen LogP contribution >= 0.6 is 0 Å². The summed E-state index contributed by atoms with van der Waals surface area (Å²) in [6, 6.07) is 13.7. The van der Waals surface area contributed by atoms with Gasteiger partial charge in [0.1, 0.15) is 0 Å². The molecule has 126 valence electrons. The van der Waals surface area contributed by atoms with Crippen molar-refractivity contribution in [2.24, 2.45) is 0 Å². The van der Waals surface area contributed by atoms with E-state index < -0.39 is 0 Å². The van der Waals surface area contributed by atoms with Crippen LogP contribution in [0.2, 0.25) is 0 Å². The van der Waals surface area contributed by atoms with E-state index in [2.05, 4.69) is 89.7 Å². The van der Waals surface area contributed by atoms with Crippen LogP contribution in [-0.2, 0) is 10.8 Å². The molecule has 0 radical (unpaired) electrons. The first kappa shape index (κ1) is 16.1. The molecule has 2 aliphatic rings. The molecule has 0 aromatic heterocycles. The second kappa shape index (κ2) is 5.08. The Labute approximate surface area is 151 Å². The number of allylic oxidation sites excluding steroid dienone is 5. The van der Waals surface area contributed by atoms with Crippen LogP contribution in [0, 0.1) is 0 Å². The van der Waals surface area contributed by atoms with Gasteiger partial charge in [0.2, 0.25) is 0 Å². The Morgan fingerprint density at radius 3 is 2.16 bits per heavy atom. The van der Waals surface area contributed by atoms with E-state index in [0.29, 0.717) is 0 Å². The first-order valence-corrected chi connectivity index (χ1v) is 9.13. The fraction of sp³-hybridized carbons (Fsp3) is 0.280. The van der Waals surface area contributed by atoms with E-state index in [1.54, 1.807) is 0 Å². The highest BCUT2D eigenvalue weighted by Crippen LogP contribution is 2.54. The fourth-order valence-corrected chi connectivity index (χ4v) is 4.80. The molecule has 0 heteroatoms. The molecule has 0 unspecified atom stereocenters. The van der Waals surface area contributed by atoms with Crippen molar-refractivity contribution in [3.63, 3.8) is 0 Å². The fourth-order valence-electron chi connectivity index (χ4n) is 4.80. The molecule has 0 N–H and O–H groups in total. The summed E-state index contributed by atoms with van der Waals surface area (Å²) in [7, 11) is 0. The molecule has 2 aromatic carbocycles. The average molecular weight is 326 g/mol. The minimum absolute atomic E-state index is 0.00521. The molecule has 0 atom stereocenters. The van der Waals surface area contributed by atoms with Crippen molar-refractivity contribution in [1.82, 2.24) is 0 Å². The lowest BCUT2D eigenvalue weighted by molar-refractivity contribution is 0.635. The molecule has 2 aromatic rings. The smallest absolute Gasteiger partial charge is 0.0158 e. The lowest BCUT2D eigenvalue weighted by atomic mass is 9.77. The van der Waals surface area contributed by atoms with Crippen molar-refractivity contribution in [2.45, 2.75) is 45.4 Å². The van der Waals surface area contributed by atoms with Crippen LogP contribution in [0.25, 0.3) is 16.7 Å². The Hall–Kier alpha value is -2.34. The van der Waals surface area contributed by atoms with E-state index in [9.17, 15) is 0 Å². The second-order valence-corrected chi connectivity index (χ2v) is 8.27. The first-order chi connectivity index (χ1) is 11.8. The van der Waals surface area contributed by atoms with Crippen LogP contribution in [0.15, 0.2) is 66.8 Å². The van der Waals surface area contributed by atoms with Gasteiger partial charge in [-0.25, -0.2) is 0 Å². The third kappa shape index (κ3) is 1.94. The Balaban J connectivity index is 2.07. The van der Waals surface area contributed by atoms with Crippen LogP contribution in [0.5, 0.6) is 0 Å². The second-order valence-electron chi connectivity index (χ2n) is 8.27. The number of rotatable bonds is 2. The monoisotopic (exact) mass is 326 g/mol. The van der Waals surface area contributed by atoms with Gasteiger partial charge in [0, 0.05) is 10.8 Å². The molecule has 0 amide bonds. The van der Waals surface area contributed by atoms with Crippen molar-refractivity contribution < 1.29 is 0 Å². The molecule has 2 aliphatic carbocycles. The van der Waals surface area contributed by atoms with Crippen molar-refractivity contribution in [3.05, 3.63) is 89.0 Å². The third-order valence-electron chi connectivity index (χ3n) is 6.19. The van der Waals surface area contributed by atoms with Crippen molar-refractivity contribution in [3.8, 4) is 11.1 Å². The molecular weight excluding hydrogens is 300 g/mol. The van der Waals surface area contributed by atoms with E-state index in [1.807, 2.05) is 6.08 Å². The molecule has 0 saturated heterocycles. The molecule has 0 fully saturated rings. The van der Waals surface area contributed by atoms with Gasteiger partial charge in [-0.3, -0.25) is 0 Å². The molecule has 0 heterocycles. The maximum absolute atomic E-state index is 4.11. The third-order valence-corrected chi connectivity index (χ3v) is 6.19. The van der Waals surface area contributed by atoms with Crippen LogP contribution < -0.4 is 0 Å². The summed E-state index contributed by atoms with van der Waals surface area (Å²) in [4.78, 5) is 0. The van der Waals surface area contributed by atoms with Gasteiger partial charge in [0.15, 0.2) is 0 Å². The molecular formula is C25H26. The standard InChI is InChI=1S/C25H26/c1-7-11-20-16(8-2)18-14-19-17-12-9-10-13-21(17)25(5,6)23(19)15-22(18)24(20,3)4/h7-15H,2H2,1,3-6H3/b11-7-. The normalized spacial score (nSPS) is 19.1. The molecule has 4 rings (SSSR count). The van der Waals surface area contributed by atoms with Gasteiger partial charge in [-0.05, 0) is 57.5 Å². The summed E-state index contributed by atoms with van der Waals surface area (Å²) >= 11 is 0. The Kier molecular flexibility index (Phi) is 3.28. The van der Waals surface area contributed by atoms with Gasteiger partial charge in [0.25, 0.3) is 0 Å². The number of hydrogen-bond donors (Lipinski definition) is 0. The Morgan fingerprint density at radius 1 is 0.800 bits per heavy atom. The predicted molar refractivity (Wildman–Crippen MR) is 109 cm³/mol. The highest BCUT2D eigenvalue weighted by atomic mass is 14.4. The Bertz CT molecular complexity index is 962. The molecule has 0 nitrogen and oxygen atoms in total. The highest BCUT2D eigenvalue weighted by Gasteiger charge is 2.41. The summed E-state index contributed by atoms with van der Waals surface area (Å²) in [5, 5.41) is 0. The van der Waals surface area contributed by atoms with Crippen molar-refractivity contribution in [2.75, 3.05) is 0 Å². The topological polar surface area (TPSA) is 0 Å². The van der Waals surface area contributed by atoms with Gasteiger partial charge < -0.3 is 0 Å². The zero-order valence-electron chi connectivity index (χ0n) is 15.9. The average Bonchev–Trinajstić information content (AvgIpc) is 2.94. The van der Waals surface area contributed by atoms with Crippen LogP contribution in [-0.4, -0.2) is 0 Å². The largest absolute Gasteiger partial charge is 0.0984 e. The molecule has 25 heavy (non-hydrogen) atoms. The summed E-state index contributed by atoms with van der Waals surface area (Å²) in [5.41, 5.74) is 11.1. The first-order valence-electron chi connectivity index (χ1n) is 9.13. The van der Waals surface area contributed by atoms with Gasteiger partial charge in [-0.2, -0.15) is 0 Å². The quantitative estimate of drug-likeness (QED) is 0.569. The summed E-state index contributed by atoms with van der Waals surface area (Å²) in [6.07, 6.45) is 6.42. The van der Waals surface area contributed by atoms with Gasteiger partial charge in [0.05, 0.1) is 0 Å². The van der Waals surface area contributed by atoms with Gasteiger partial charge >= 0.3 is 0 Å². The highest BCUT2D eigenvalue weighted by molar-refractivity contribution is 5.92. The van der Waals surface area contributed by atoms with E-state index in [0.717, 1.165) is 0 Å². The minimum Gasteiger partial charge on any atom is -0.0984 e. The lowest BCUT2D eigenvalue weighted by Crippen LogP contribution is -2.19. The lowest BCUT2D eigenvalue weighted by Gasteiger charge is -2.26. The predicted octanol–water partition coefficient (Wildman–Crippen LogP) is 6.80. The van der Waals surface area contributed by atoms with E-state index in [1.165, 1.54) is 44.5 Å². The van der Waals surface area contributed by atoms with E-state index >= 15 is 0 Å². The van der Waals surface area contributed by atoms with Gasteiger partial charge in [-0.15, -0.1) is 0 Å². The SMILES string of the molecule is C=CC1=C(/C=C\C)C(C)(C)c2cc3c(cc21)-c1ccccc1C3(C)C. The molecule has 0 saturated carbocycles. The summed E-state index contributed by atoms with van der Waals surface area (Å²) in [6.45, 7) is 15.6. The molecule has 0 bridgehead atoms. The summed E-state index contributed by atoms with van der Waals surface area (Å²) in [5.74, 6) is 0. The van der Waals surface area contributed by atoms with Crippen LogP contribution in [0.1, 0.15) is 56.9 Å². The number of fused-ring (bicyclic) bond motifs is 4.